The molecule has 1 aromatic rings. The first-order chi connectivity index (χ1) is 8.63. The number of carbonyl (C=O) groups is 1. The van der Waals surface area contributed by atoms with Crippen LogP contribution < -0.4 is 10.6 Å². The number of aliphatic hydroxyl groups is 1. The second-order valence-corrected chi connectivity index (χ2v) is 4.83. The van der Waals surface area contributed by atoms with Crippen molar-refractivity contribution in [2.75, 3.05) is 23.8 Å². The third kappa shape index (κ3) is 2.48. The number of benzene rings is 1. The van der Waals surface area contributed by atoms with E-state index in [1.807, 2.05) is 12.1 Å². The molecule has 0 bridgehead atoms. The van der Waals surface area contributed by atoms with Gasteiger partial charge in [0, 0.05) is 29.5 Å². The van der Waals surface area contributed by atoms with Crippen LogP contribution in [0.4, 0.5) is 11.4 Å². The zero-order valence-corrected chi connectivity index (χ0v) is 10.7. The third-order valence-corrected chi connectivity index (χ3v) is 3.60. The van der Waals surface area contributed by atoms with Crippen molar-refractivity contribution in [3.63, 3.8) is 0 Å². The number of carbonyl (C=O) groups excluding carboxylic acids is 1. The van der Waals surface area contributed by atoms with Crippen LogP contribution in [0.1, 0.15) is 36.5 Å². The third-order valence-electron chi connectivity index (χ3n) is 3.60. The second kappa shape index (κ2) is 5.40. The zero-order chi connectivity index (χ0) is 13.1. The second-order valence-electron chi connectivity index (χ2n) is 4.83. The van der Waals surface area contributed by atoms with Gasteiger partial charge in [0.05, 0.1) is 6.61 Å². The van der Waals surface area contributed by atoms with E-state index in [9.17, 15) is 4.79 Å². The molecule has 1 saturated carbocycles. The molecule has 0 unspecified atom stereocenters. The van der Waals surface area contributed by atoms with Crippen molar-refractivity contribution in [3.05, 3.63) is 23.8 Å². The van der Waals surface area contributed by atoms with Crippen LogP contribution in [0.5, 0.6) is 0 Å². The van der Waals surface area contributed by atoms with E-state index in [-0.39, 0.29) is 12.4 Å². The van der Waals surface area contributed by atoms with E-state index in [4.69, 9.17) is 10.8 Å². The molecule has 1 aliphatic carbocycles. The van der Waals surface area contributed by atoms with Crippen LogP contribution in [0.25, 0.3) is 0 Å². The molecule has 0 atom stereocenters. The van der Waals surface area contributed by atoms with E-state index in [1.165, 1.54) is 13.3 Å². The summed E-state index contributed by atoms with van der Waals surface area (Å²) in [7, 11) is 0. The lowest BCUT2D eigenvalue weighted by molar-refractivity contribution is 0.101. The van der Waals surface area contributed by atoms with Crippen LogP contribution in [0, 0.1) is 0 Å². The van der Waals surface area contributed by atoms with Gasteiger partial charge < -0.3 is 15.7 Å². The van der Waals surface area contributed by atoms with Gasteiger partial charge in [-0.25, -0.2) is 0 Å². The number of anilines is 2. The fourth-order valence-corrected chi connectivity index (χ4v) is 2.36. The van der Waals surface area contributed by atoms with E-state index in [2.05, 4.69) is 4.90 Å². The monoisotopic (exact) mass is 248 g/mol. The summed E-state index contributed by atoms with van der Waals surface area (Å²) in [6, 6.07) is 6.02. The minimum atomic E-state index is -0.0214. The highest BCUT2D eigenvalue weighted by molar-refractivity contribution is 6.00. The van der Waals surface area contributed by atoms with Gasteiger partial charge in [-0.3, -0.25) is 4.79 Å². The summed E-state index contributed by atoms with van der Waals surface area (Å²) in [5, 5.41) is 9.17. The number of Topliss-reactive ketones (excluding diaryl/α,β-unsaturated/α-hetero) is 1. The molecule has 0 amide bonds. The predicted octanol–water partition coefficient (Wildman–Crippen LogP) is 1.82. The summed E-state index contributed by atoms with van der Waals surface area (Å²) >= 11 is 0. The summed E-state index contributed by atoms with van der Waals surface area (Å²) in [5.41, 5.74) is 7.86. The van der Waals surface area contributed by atoms with Gasteiger partial charge in [-0.2, -0.15) is 0 Å². The zero-order valence-electron chi connectivity index (χ0n) is 10.7. The lowest BCUT2D eigenvalue weighted by atomic mass is 9.90. The van der Waals surface area contributed by atoms with Gasteiger partial charge in [0.1, 0.15) is 0 Å². The molecule has 2 rings (SSSR count). The smallest absolute Gasteiger partial charge is 0.161 e. The first kappa shape index (κ1) is 12.9. The Morgan fingerprint density at radius 3 is 2.72 bits per heavy atom. The molecule has 4 nitrogen and oxygen atoms in total. The first-order valence-electron chi connectivity index (χ1n) is 6.41. The molecule has 1 fully saturated rings. The topological polar surface area (TPSA) is 66.6 Å². The van der Waals surface area contributed by atoms with Crippen molar-refractivity contribution in [3.8, 4) is 0 Å². The number of ketones is 1. The highest BCUT2D eigenvalue weighted by Gasteiger charge is 2.25. The van der Waals surface area contributed by atoms with Gasteiger partial charge in [-0.05, 0) is 44.4 Å². The number of nitrogens with zero attached hydrogens (tertiary/aromatic N) is 1. The Balaban J connectivity index is 2.29. The Labute approximate surface area is 107 Å². The summed E-state index contributed by atoms with van der Waals surface area (Å²) in [4.78, 5) is 13.7. The van der Waals surface area contributed by atoms with Crippen molar-refractivity contribution in [2.45, 2.75) is 32.2 Å². The minimum Gasteiger partial charge on any atom is -0.398 e. The van der Waals surface area contributed by atoms with E-state index in [0.29, 0.717) is 23.8 Å². The SMILES string of the molecule is CC(=O)c1cc(N(CCO)C2CCC2)ccc1N. The minimum absolute atomic E-state index is 0.0214. The Bertz CT molecular complexity index is 441. The van der Waals surface area contributed by atoms with E-state index < -0.39 is 0 Å². The fraction of sp³-hybridized carbons (Fsp3) is 0.500. The average molecular weight is 248 g/mol. The van der Waals surface area contributed by atoms with Gasteiger partial charge in [0.15, 0.2) is 5.78 Å². The van der Waals surface area contributed by atoms with Crippen molar-refractivity contribution in [1.82, 2.24) is 0 Å². The first-order valence-corrected chi connectivity index (χ1v) is 6.41. The van der Waals surface area contributed by atoms with Crippen LogP contribution in [0.15, 0.2) is 18.2 Å². The number of hydrogen-bond donors (Lipinski definition) is 2. The van der Waals surface area contributed by atoms with E-state index in [0.717, 1.165) is 18.5 Å². The lowest BCUT2D eigenvalue weighted by Crippen LogP contribution is -2.42. The molecule has 1 aromatic carbocycles. The molecular formula is C14H20N2O2. The van der Waals surface area contributed by atoms with E-state index >= 15 is 0 Å². The molecule has 0 aromatic heterocycles. The van der Waals surface area contributed by atoms with Crippen molar-refractivity contribution in [2.24, 2.45) is 0 Å². The van der Waals surface area contributed by atoms with Crippen molar-refractivity contribution >= 4 is 17.2 Å². The van der Waals surface area contributed by atoms with Gasteiger partial charge in [-0.1, -0.05) is 0 Å². The number of hydrogen-bond acceptors (Lipinski definition) is 4. The maximum atomic E-state index is 11.5. The lowest BCUT2D eigenvalue weighted by Gasteiger charge is -2.39. The quantitative estimate of drug-likeness (QED) is 0.616. The Kier molecular flexibility index (Phi) is 3.87. The molecule has 0 radical (unpaired) electrons. The van der Waals surface area contributed by atoms with Crippen LogP contribution in [0.3, 0.4) is 0 Å². The highest BCUT2D eigenvalue weighted by atomic mass is 16.3. The van der Waals surface area contributed by atoms with E-state index in [1.54, 1.807) is 6.07 Å². The largest absolute Gasteiger partial charge is 0.398 e. The number of aliphatic hydroxyl groups excluding tert-OH is 1. The van der Waals surface area contributed by atoms with Gasteiger partial charge in [0.25, 0.3) is 0 Å². The molecule has 0 saturated heterocycles. The summed E-state index contributed by atoms with van der Waals surface area (Å²) < 4.78 is 0. The average Bonchev–Trinajstić information content (AvgIpc) is 2.26. The molecular weight excluding hydrogens is 228 g/mol. The summed E-state index contributed by atoms with van der Waals surface area (Å²) in [6.45, 7) is 2.25. The number of rotatable bonds is 5. The molecule has 0 spiro atoms. The van der Waals surface area contributed by atoms with Gasteiger partial charge >= 0.3 is 0 Å². The summed E-state index contributed by atoms with van der Waals surface area (Å²) in [6.07, 6.45) is 3.54. The fourth-order valence-electron chi connectivity index (χ4n) is 2.36. The normalized spacial score (nSPS) is 15.2. The molecule has 0 aliphatic heterocycles. The molecule has 0 heterocycles. The van der Waals surface area contributed by atoms with Crippen LogP contribution in [-0.2, 0) is 0 Å². The van der Waals surface area contributed by atoms with Crippen LogP contribution in [0.2, 0.25) is 0 Å². The van der Waals surface area contributed by atoms with Crippen LogP contribution >= 0.6 is 0 Å². The molecule has 3 N–H and O–H groups in total. The number of nitrogens with two attached hydrogens (primary N) is 1. The highest BCUT2D eigenvalue weighted by Crippen LogP contribution is 2.31. The number of nitrogen functional groups attached to an aromatic ring is 1. The van der Waals surface area contributed by atoms with Gasteiger partial charge in [-0.15, -0.1) is 0 Å². The maximum Gasteiger partial charge on any atom is 0.161 e. The Morgan fingerprint density at radius 2 is 2.22 bits per heavy atom. The molecule has 98 valence electrons. The molecule has 18 heavy (non-hydrogen) atoms. The van der Waals surface area contributed by atoms with Gasteiger partial charge in [0.2, 0.25) is 0 Å². The molecule has 4 heteroatoms. The standard InChI is InChI=1S/C14H20N2O2/c1-10(18)13-9-12(5-6-14(13)15)16(7-8-17)11-3-2-4-11/h5-6,9,11,17H,2-4,7-8,15H2,1H3. The summed E-state index contributed by atoms with van der Waals surface area (Å²) in [5.74, 6) is -0.0214. The molecule has 1 aliphatic rings. The predicted molar refractivity (Wildman–Crippen MR) is 72.9 cm³/mol. The Morgan fingerprint density at radius 1 is 1.50 bits per heavy atom. The Hall–Kier alpha value is -1.55. The van der Waals surface area contributed by atoms with Crippen molar-refractivity contribution < 1.29 is 9.90 Å². The maximum absolute atomic E-state index is 11.5. The van der Waals surface area contributed by atoms with Crippen LogP contribution in [-0.4, -0.2) is 30.1 Å². The van der Waals surface area contributed by atoms with Crippen molar-refractivity contribution in [1.29, 1.82) is 0 Å².